The molecule has 1 aliphatic heterocycles. The van der Waals surface area contributed by atoms with Crippen molar-refractivity contribution >= 4 is 66.4 Å². The van der Waals surface area contributed by atoms with Gasteiger partial charge in [-0.05, 0) is 119 Å². The number of hydrogen-bond acceptors (Lipinski definition) is 15. The van der Waals surface area contributed by atoms with Gasteiger partial charge in [0.1, 0.15) is 23.0 Å². The summed E-state index contributed by atoms with van der Waals surface area (Å²) < 4.78 is 83.0. The summed E-state index contributed by atoms with van der Waals surface area (Å²) in [4.78, 5) is 34.0. The fourth-order valence-electron chi connectivity index (χ4n) is 7.49. The van der Waals surface area contributed by atoms with E-state index in [-0.39, 0.29) is 27.9 Å². The lowest BCUT2D eigenvalue weighted by atomic mass is 10.0. The van der Waals surface area contributed by atoms with Crippen LogP contribution in [0.2, 0.25) is 0 Å². The number of pyridine rings is 1. The Morgan fingerprint density at radius 3 is 1.53 bits per heavy atom. The van der Waals surface area contributed by atoms with Gasteiger partial charge in [-0.1, -0.05) is 18.2 Å². The molecule has 4 heterocycles. The second kappa shape index (κ2) is 25.7. The number of allylic oxidation sites excluding steroid dienone is 2. The highest BCUT2D eigenvalue weighted by Crippen LogP contribution is 2.40. The summed E-state index contributed by atoms with van der Waals surface area (Å²) in [6.45, 7) is 3.97. The molecule has 73 heavy (non-hydrogen) atoms. The molecule has 19 heteroatoms. The van der Waals surface area contributed by atoms with Gasteiger partial charge < -0.3 is 23.7 Å². The van der Waals surface area contributed by atoms with Crippen molar-refractivity contribution in [1.29, 1.82) is 0 Å². The number of aromatic nitrogens is 1. The summed E-state index contributed by atoms with van der Waals surface area (Å²) in [6.07, 6.45) is 9.47. The van der Waals surface area contributed by atoms with Crippen LogP contribution in [0.3, 0.4) is 0 Å². The minimum absolute atomic E-state index is 0.0735. The molecule has 15 nitrogen and oxygen atoms in total. The maximum Gasteiger partial charge on any atom is 0.240 e. The first-order valence-electron chi connectivity index (χ1n) is 22.8. The standard InChI is InChI=1S/C27H30N2O6S2.C27H24N2O5S2/c1-33-25-19-26(34-2)23(27-4-3-17-36-27)18-21(25)7-10-24(30)20-5-8-22(9-6-20)37(31,32)28-11-12-29-13-15-35-16-14-29;1-33-25-16-26(34-2)23(27-6-4-14-35-27)15-21(25)9-12-24(30)20-7-10-22(11-8-20)36(31,32)29-18-19-5-3-13-28-17-19/h3-10,17-19,28H,11-16H2,1-2H3;3-17,29H,18H2,1-2H3/b10-7+;12-9+. The Labute approximate surface area is 433 Å². The first-order valence-corrected chi connectivity index (χ1v) is 27.5. The number of carbonyl (C=O) groups excluding carboxylic acids is 2. The van der Waals surface area contributed by atoms with Gasteiger partial charge in [-0.3, -0.25) is 19.5 Å². The minimum atomic E-state index is -3.73. The third kappa shape index (κ3) is 14.5. The van der Waals surface area contributed by atoms with Crippen LogP contribution in [0.15, 0.2) is 154 Å². The van der Waals surface area contributed by atoms with E-state index >= 15 is 0 Å². The Hall–Kier alpha value is -6.81. The van der Waals surface area contributed by atoms with E-state index in [1.54, 1.807) is 99.9 Å². The van der Waals surface area contributed by atoms with E-state index in [0.717, 1.165) is 45.1 Å². The minimum Gasteiger partial charge on any atom is -0.496 e. The van der Waals surface area contributed by atoms with Crippen molar-refractivity contribution < 1.29 is 50.1 Å². The van der Waals surface area contributed by atoms with Crippen LogP contribution in [0.25, 0.3) is 33.0 Å². The van der Waals surface area contributed by atoms with Gasteiger partial charge in [0.25, 0.3) is 0 Å². The number of carbonyl (C=O) groups is 2. The SMILES string of the molecule is COc1cc(OC)c(-c2cccs2)cc1/C=C/C(=O)c1ccc(S(=O)(=O)NCCN2CCOCC2)cc1.COc1cc(OC)c(-c2cccs2)cc1/C=C/C(=O)c1ccc(S(=O)(=O)NCc2cccnc2)cc1. The Balaban J connectivity index is 0.000000214. The summed E-state index contributed by atoms with van der Waals surface area (Å²) >= 11 is 3.18. The summed E-state index contributed by atoms with van der Waals surface area (Å²) in [5.41, 5.74) is 4.74. The van der Waals surface area contributed by atoms with Gasteiger partial charge >= 0.3 is 0 Å². The van der Waals surface area contributed by atoms with E-state index < -0.39 is 20.0 Å². The maximum atomic E-state index is 12.8. The summed E-state index contributed by atoms with van der Waals surface area (Å²) in [7, 11) is -1.07. The zero-order chi connectivity index (χ0) is 51.8. The number of morpholine rings is 1. The van der Waals surface area contributed by atoms with E-state index in [0.29, 0.717) is 66.0 Å². The fourth-order valence-corrected chi connectivity index (χ4v) is 11.0. The van der Waals surface area contributed by atoms with Crippen LogP contribution in [0.5, 0.6) is 23.0 Å². The third-order valence-electron chi connectivity index (χ3n) is 11.4. The van der Waals surface area contributed by atoms with Gasteiger partial charge in [0.2, 0.25) is 20.0 Å². The molecule has 0 amide bonds. The first-order chi connectivity index (χ1) is 35.3. The average Bonchev–Trinajstić information content (AvgIpc) is 4.18. The summed E-state index contributed by atoms with van der Waals surface area (Å²) in [5, 5.41) is 3.97. The molecule has 1 aliphatic rings. The molecule has 0 bridgehead atoms. The second-order valence-corrected chi connectivity index (χ2v) is 21.5. The Kier molecular flexibility index (Phi) is 19.0. The molecule has 2 N–H and O–H groups in total. The predicted molar refractivity (Wildman–Crippen MR) is 286 cm³/mol. The van der Waals surface area contributed by atoms with Crippen LogP contribution in [-0.4, -0.2) is 106 Å². The van der Waals surface area contributed by atoms with Crippen LogP contribution >= 0.6 is 22.7 Å². The first kappa shape index (κ1) is 54.0. The van der Waals surface area contributed by atoms with Crippen molar-refractivity contribution in [3.05, 3.63) is 172 Å². The molecule has 4 aromatic carbocycles. The lowest BCUT2D eigenvalue weighted by Gasteiger charge is -2.26. The number of methoxy groups -OCH3 is 4. The number of thiophene rings is 2. The molecule has 380 valence electrons. The molecule has 0 radical (unpaired) electrons. The Morgan fingerprint density at radius 1 is 0.630 bits per heavy atom. The van der Waals surface area contributed by atoms with E-state index in [1.165, 1.54) is 60.7 Å². The van der Waals surface area contributed by atoms with Crippen molar-refractivity contribution in [3.63, 3.8) is 0 Å². The quantitative estimate of drug-likeness (QED) is 0.0513. The molecule has 1 fully saturated rings. The van der Waals surface area contributed by atoms with Crippen molar-refractivity contribution in [2.75, 3.05) is 67.8 Å². The van der Waals surface area contributed by atoms with Crippen LogP contribution < -0.4 is 28.4 Å². The van der Waals surface area contributed by atoms with Gasteiger partial charge in [0, 0.05) is 100 Å². The van der Waals surface area contributed by atoms with Crippen molar-refractivity contribution in [2.24, 2.45) is 0 Å². The van der Waals surface area contributed by atoms with Gasteiger partial charge in [-0.15, -0.1) is 22.7 Å². The third-order valence-corrected chi connectivity index (χ3v) is 16.1. The molecule has 0 aliphatic carbocycles. The monoisotopic (exact) mass is 1060 g/mol. The van der Waals surface area contributed by atoms with E-state index in [4.69, 9.17) is 23.7 Å². The number of hydrogen-bond donors (Lipinski definition) is 2. The highest BCUT2D eigenvalue weighted by atomic mass is 32.2. The largest absolute Gasteiger partial charge is 0.496 e. The Morgan fingerprint density at radius 2 is 1.11 bits per heavy atom. The van der Waals surface area contributed by atoms with Gasteiger partial charge in [0.15, 0.2) is 11.6 Å². The molecule has 1 saturated heterocycles. The number of sulfonamides is 2. The fraction of sp³-hybridized carbons (Fsp3) is 0.204. The van der Waals surface area contributed by atoms with E-state index in [9.17, 15) is 26.4 Å². The second-order valence-electron chi connectivity index (χ2n) is 16.0. The topological polar surface area (TPSA) is 189 Å². The van der Waals surface area contributed by atoms with E-state index in [1.807, 2.05) is 47.2 Å². The molecule has 0 saturated carbocycles. The highest BCUT2D eigenvalue weighted by Gasteiger charge is 2.19. The van der Waals surface area contributed by atoms with Crippen molar-refractivity contribution in [3.8, 4) is 43.9 Å². The molecule has 3 aromatic heterocycles. The van der Waals surface area contributed by atoms with Crippen LogP contribution in [0.4, 0.5) is 0 Å². The van der Waals surface area contributed by atoms with Crippen molar-refractivity contribution in [1.82, 2.24) is 19.3 Å². The molecular formula is C54H54N4O11S4. The lowest BCUT2D eigenvalue weighted by molar-refractivity contribution is 0.0390. The zero-order valence-corrected chi connectivity index (χ0v) is 43.7. The average molecular weight is 1060 g/mol. The number of nitrogens with one attached hydrogen (secondary N) is 2. The number of ether oxygens (including phenoxy) is 5. The summed E-state index contributed by atoms with van der Waals surface area (Å²) in [5.74, 6) is 1.98. The van der Waals surface area contributed by atoms with Crippen LogP contribution in [-0.2, 0) is 31.3 Å². The normalized spacial score (nSPS) is 13.1. The van der Waals surface area contributed by atoms with Gasteiger partial charge in [0.05, 0.1) is 51.4 Å². The van der Waals surface area contributed by atoms with Crippen LogP contribution in [0, 0.1) is 0 Å². The molecule has 0 spiro atoms. The molecule has 0 atom stereocenters. The number of nitrogens with zero attached hydrogens (tertiary/aromatic N) is 2. The molecular weight excluding hydrogens is 1010 g/mol. The number of benzene rings is 4. The number of rotatable bonds is 21. The highest BCUT2D eigenvalue weighted by molar-refractivity contribution is 7.89. The van der Waals surface area contributed by atoms with Gasteiger partial charge in [-0.2, -0.15) is 0 Å². The lowest BCUT2D eigenvalue weighted by Crippen LogP contribution is -2.41. The Bertz CT molecular complexity index is 3230. The van der Waals surface area contributed by atoms with Gasteiger partial charge in [-0.25, -0.2) is 26.3 Å². The molecule has 0 unspecified atom stereocenters. The summed E-state index contributed by atoms with van der Waals surface area (Å²) in [6, 6.07) is 30.6. The number of ketones is 2. The molecule has 8 rings (SSSR count). The van der Waals surface area contributed by atoms with Crippen molar-refractivity contribution in [2.45, 2.75) is 16.3 Å². The maximum absolute atomic E-state index is 12.8. The van der Waals surface area contributed by atoms with E-state index in [2.05, 4.69) is 19.3 Å². The van der Waals surface area contributed by atoms with Crippen LogP contribution in [0.1, 0.15) is 37.4 Å². The predicted octanol–water partition coefficient (Wildman–Crippen LogP) is 9.14. The smallest absolute Gasteiger partial charge is 0.240 e. The zero-order valence-electron chi connectivity index (χ0n) is 40.5. The molecule has 7 aromatic rings.